The van der Waals surface area contributed by atoms with Gasteiger partial charge in [0.15, 0.2) is 0 Å². The second-order valence-corrected chi connectivity index (χ2v) is 3.54. The lowest BCUT2D eigenvalue weighted by atomic mass is 9.80. The molecule has 0 spiro atoms. The van der Waals surface area contributed by atoms with Crippen LogP contribution in [0.15, 0.2) is 0 Å². The Hall–Kier alpha value is -0.715. The largest absolute Gasteiger partial charge is 0.114 e. The van der Waals surface area contributed by atoms with Gasteiger partial charge in [-0.1, -0.05) is 16.6 Å². The molecule has 0 atom stereocenters. The van der Waals surface area contributed by atoms with Gasteiger partial charge < -0.3 is 0 Å². The molecule has 1 rings (SSSR count). The minimum atomic E-state index is 0.954. The Labute approximate surface area is 76.4 Å². The van der Waals surface area contributed by atoms with Crippen LogP contribution >= 0.6 is 0 Å². The van der Waals surface area contributed by atoms with Gasteiger partial charge in [0.2, 0.25) is 0 Å². The topological polar surface area (TPSA) is 0 Å². The molecule has 0 amide bonds. The normalized spacial score (nSPS) is 10.4. The van der Waals surface area contributed by atoms with Gasteiger partial charge in [-0.05, 0) is 51.3 Å². The zero-order chi connectivity index (χ0) is 9.46. The van der Waals surface area contributed by atoms with Crippen LogP contribution in [-0.2, 0) is 0 Å². The number of hydrogen-bond acceptors (Lipinski definition) is 0. The number of rotatable bonds is 0. The Kier molecular flexibility index (Phi) is 2.32. The molecule has 0 bridgehead atoms. The maximum absolute atomic E-state index is 5.95. The summed E-state index contributed by atoms with van der Waals surface area (Å²) in [6, 6.07) is 0. The minimum absolute atomic E-state index is 0.954. The Morgan fingerprint density at radius 1 is 0.583 bits per heavy atom. The van der Waals surface area contributed by atoms with Crippen LogP contribution in [0.4, 0.5) is 0 Å². The molecule has 12 heavy (non-hydrogen) atoms. The molecule has 0 saturated carbocycles. The Morgan fingerprint density at radius 2 is 0.833 bits per heavy atom. The van der Waals surface area contributed by atoms with E-state index in [2.05, 4.69) is 34.6 Å². The molecule has 0 unspecified atom stereocenters. The van der Waals surface area contributed by atoms with Crippen molar-refractivity contribution in [1.82, 2.24) is 0 Å². The summed E-state index contributed by atoms with van der Waals surface area (Å²) in [5.74, 6) is 0. The monoisotopic (exact) mass is 158 g/mol. The lowest BCUT2D eigenvalue weighted by Crippen LogP contribution is -2.16. The van der Waals surface area contributed by atoms with Crippen LogP contribution in [0.5, 0.6) is 0 Å². The summed E-state index contributed by atoms with van der Waals surface area (Å²) >= 11 is 0. The summed E-state index contributed by atoms with van der Waals surface area (Å²) < 4.78 is 0. The molecular formula is C11H15B. The Morgan fingerprint density at radius 3 is 1.17 bits per heavy atom. The maximum Gasteiger partial charge on any atom is 0.114 e. The molecule has 0 N–H and O–H groups in total. The smallest absolute Gasteiger partial charge is 0.0904 e. The van der Waals surface area contributed by atoms with Crippen molar-refractivity contribution in [1.29, 1.82) is 0 Å². The van der Waals surface area contributed by atoms with Crippen LogP contribution in [0.1, 0.15) is 27.8 Å². The van der Waals surface area contributed by atoms with Gasteiger partial charge in [0.25, 0.3) is 0 Å². The molecule has 0 heterocycles. The molecule has 0 aliphatic rings. The average Bonchev–Trinajstić information content (AvgIpc) is 2.08. The van der Waals surface area contributed by atoms with E-state index in [0.717, 1.165) is 5.46 Å². The van der Waals surface area contributed by atoms with Crippen molar-refractivity contribution in [3.63, 3.8) is 0 Å². The summed E-state index contributed by atoms with van der Waals surface area (Å²) in [6.07, 6.45) is 0. The summed E-state index contributed by atoms with van der Waals surface area (Å²) in [5.41, 5.74) is 7.45. The highest BCUT2D eigenvalue weighted by molar-refractivity contribution is 6.34. The van der Waals surface area contributed by atoms with Crippen LogP contribution in [-0.4, -0.2) is 7.85 Å². The van der Waals surface area contributed by atoms with Gasteiger partial charge >= 0.3 is 0 Å². The van der Waals surface area contributed by atoms with E-state index in [9.17, 15) is 0 Å². The predicted octanol–water partition coefficient (Wildman–Crippen LogP) is 2.02. The maximum atomic E-state index is 5.95. The predicted molar refractivity (Wildman–Crippen MR) is 55.5 cm³/mol. The summed E-state index contributed by atoms with van der Waals surface area (Å²) in [6.45, 7) is 10.6. The van der Waals surface area contributed by atoms with Crippen LogP contribution in [0, 0.1) is 34.6 Å². The summed E-state index contributed by atoms with van der Waals surface area (Å²) in [4.78, 5) is 0. The van der Waals surface area contributed by atoms with Gasteiger partial charge in [0.05, 0.1) is 0 Å². The van der Waals surface area contributed by atoms with Gasteiger partial charge in [0, 0.05) is 0 Å². The van der Waals surface area contributed by atoms with E-state index in [4.69, 9.17) is 7.85 Å². The highest BCUT2D eigenvalue weighted by atomic mass is 14.1. The molecule has 2 radical (unpaired) electrons. The van der Waals surface area contributed by atoms with Gasteiger partial charge in [-0.15, -0.1) is 0 Å². The second kappa shape index (κ2) is 2.97. The van der Waals surface area contributed by atoms with Gasteiger partial charge in [-0.3, -0.25) is 0 Å². The molecule has 0 aromatic heterocycles. The van der Waals surface area contributed by atoms with E-state index in [0.29, 0.717) is 0 Å². The molecule has 1 aromatic rings. The van der Waals surface area contributed by atoms with Crippen LogP contribution in [0.25, 0.3) is 0 Å². The lowest BCUT2D eigenvalue weighted by Gasteiger charge is -2.15. The van der Waals surface area contributed by atoms with E-state index < -0.39 is 0 Å². The quantitative estimate of drug-likeness (QED) is 0.506. The number of hydrogen-bond donors (Lipinski definition) is 0. The first kappa shape index (κ1) is 9.37. The van der Waals surface area contributed by atoms with Gasteiger partial charge in [-0.25, -0.2) is 0 Å². The molecule has 0 aliphatic carbocycles. The van der Waals surface area contributed by atoms with Crippen molar-refractivity contribution >= 4 is 13.3 Å². The van der Waals surface area contributed by atoms with Gasteiger partial charge in [-0.2, -0.15) is 0 Å². The Bertz CT molecular complexity index is 219. The summed E-state index contributed by atoms with van der Waals surface area (Å²) in [7, 11) is 5.95. The fourth-order valence-corrected chi connectivity index (χ4v) is 1.53. The SMILES string of the molecule is [B]c1c(C)c(C)c(C)c(C)c1C. The van der Waals surface area contributed by atoms with Crippen LogP contribution in [0.2, 0.25) is 0 Å². The first-order chi connectivity index (χ1) is 5.46. The van der Waals surface area contributed by atoms with Gasteiger partial charge in [0.1, 0.15) is 7.85 Å². The average molecular weight is 158 g/mol. The zero-order valence-corrected chi connectivity index (χ0v) is 8.58. The standard InChI is InChI=1S/C11H15B/c1-6-7(2)9(4)11(12)10(5)8(6)3/h1-5H3. The fourth-order valence-electron chi connectivity index (χ4n) is 1.53. The highest BCUT2D eigenvalue weighted by Gasteiger charge is 2.07. The van der Waals surface area contributed by atoms with Crippen molar-refractivity contribution in [2.24, 2.45) is 0 Å². The summed E-state index contributed by atoms with van der Waals surface area (Å²) in [5, 5.41) is 0. The molecule has 1 heteroatoms. The third kappa shape index (κ3) is 1.18. The molecule has 0 nitrogen and oxygen atoms in total. The zero-order valence-electron chi connectivity index (χ0n) is 8.58. The fraction of sp³-hybridized carbons (Fsp3) is 0.455. The van der Waals surface area contributed by atoms with Crippen molar-refractivity contribution in [2.75, 3.05) is 0 Å². The number of benzene rings is 1. The van der Waals surface area contributed by atoms with Crippen molar-refractivity contribution in [2.45, 2.75) is 34.6 Å². The highest BCUT2D eigenvalue weighted by Crippen LogP contribution is 2.17. The van der Waals surface area contributed by atoms with E-state index in [1.807, 2.05) is 0 Å². The third-order valence-corrected chi connectivity index (χ3v) is 3.06. The second-order valence-electron chi connectivity index (χ2n) is 3.54. The lowest BCUT2D eigenvalue weighted by molar-refractivity contribution is 1.20. The van der Waals surface area contributed by atoms with E-state index in [-0.39, 0.29) is 0 Å². The molecule has 1 aromatic carbocycles. The molecule has 0 saturated heterocycles. The molecule has 62 valence electrons. The van der Waals surface area contributed by atoms with E-state index in [1.54, 1.807) is 0 Å². The third-order valence-electron chi connectivity index (χ3n) is 3.06. The first-order valence-corrected chi connectivity index (χ1v) is 4.29. The van der Waals surface area contributed by atoms with Crippen molar-refractivity contribution in [3.8, 4) is 0 Å². The molecule has 0 fully saturated rings. The molecular weight excluding hydrogens is 143 g/mol. The van der Waals surface area contributed by atoms with E-state index in [1.165, 1.54) is 27.8 Å². The van der Waals surface area contributed by atoms with Crippen molar-refractivity contribution < 1.29 is 0 Å². The molecule has 0 aliphatic heterocycles. The minimum Gasteiger partial charge on any atom is -0.0904 e. The van der Waals surface area contributed by atoms with E-state index >= 15 is 0 Å². The first-order valence-electron chi connectivity index (χ1n) is 4.29. The van der Waals surface area contributed by atoms with Crippen LogP contribution < -0.4 is 5.46 Å². The van der Waals surface area contributed by atoms with Crippen molar-refractivity contribution in [3.05, 3.63) is 27.8 Å². The van der Waals surface area contributed by atoms with Crippen LogP contribution in [0.3, 0.4) is 0 Å². The Balaban J connectivity index is 3.60.